The summed E-state index contributed by atoms with van der Waals surface area (Å²) in [6.45, 7) is 0. The number of hydrogen-bond acceptors (Lipinski definition) is 4. The van der Waals surface area contributed by atoms with E-state index in [9.17, 15) is 0 Å². The Hall–Kier alpha value is -2.82. The van der Waals surface area contributed by atoms with E-state index in [1.807, 2.05) is 42.7 Å². The fourth-order valence-electron chi connectivity index (χ4n) is 1.68. The summed E-state index contributed by atoms with van der Waals surface area (Å²) in [6.07, 6.45) is 10.6. The first-order valence-electron chi connectivity index (χ1n) is 5.82. The monoisotopic (exact) mass is 249 g/mol. The lowest BCUT2D eigenvalue weighted by atomic mass is 10.3. The van der Waals surface area contributed by atoms with Crippen LogP contribution >= 0.6 is 0 Å². The second-order valence-corrected chi connectivity index (χ2v) is 3.83. The second-order valence-electron chi connectivity index (χ2n) is 3.83. The molecule has 0 saturated carbocycles. The normalized spacial score (nSPS) is 10.1. The molecule has 0 N–H and O–H groups in total. The molecule has 0 aliphatic heterocycles. The molecule has 0 unspecified atom stereocenters. The van der Waals surface area contributed by atoms with Crippen LogP contribution in [0.4, 0.5) is 0 Å². The topological polar surface area (TPSA) is 56.0 Å². The minimum Gasteiger partial charge on any atom is -0.264 e. The van der Waals surface area contributed by atoms with Crippen LogP contribution < -0.4 is 0 Å². The van der Waals surface area contributed by atoms with Gasteiger partial charge in [0.15, 0.2) is 5.65 Å². The molecule has 0 fully saturated rings. The summed E-state index contributed by atoms with van der Waals surface area (Å²) in [5.74, 6) is 0. The van der Waals surface area contributed by atoms with Crippen LogP contribution in [0.5, 0.6) is 0 Å². The Morgan fingerprint density at radius 2 is 1.79 bits per heavy atom. The summed E-state index contributed by atoms with van der Waals surface area (Å²) < 4.78 is 1.72. The van der Waals surface area contributed by atoms with E-state index in [4.69, 9.17) is 0 Å². The number of pyridine rings is 2. The van der Waals surface area contributed by atoms with Gasteiger partial charge in [0.2, 0.25) is 0 Å². The van der Waals surface area contributed by atoms with Crippen LogP contribution in [0.3, 0.4) is 0 Å². The number of nitrogens with zero attached hydrogens (tertiary/aromatic N) is 5. The van der Waals surface area contributed by atoms with E-state index in [0.717, 1.165) is 16.6 Å². The predicted molar refractivity (Wildman–Crippen MR) is 72.5 cm³/mol. The summed E-state index contributed by atoms with van der Waals surface area (Å²) in [4.78, 5) is 12.1. The Morgan fingerprint density at radius 3 is 2.68 bits per heavy atom. The highest BCUT2D eigenvalue weighted by Gasteiger charge is 1.88. The smallest absolute Gasteiger partial charge is 0.153 e. The van der Waals surface area contributed by atoms with Crippen molar-refractivity contribution < 1.29 is 0 Å². The third-order valence-electron chi connectivity index (χ3n) is 2.58. The maximum Gasteiger partial charge on any atom is 0.153 e. The van der Waals surface area contributed by atoms with Crippen molar-refractivity contribution in [2.45, 2.75) is 0 Å². The third kappa shape index (κ3) is 2.55. The van der Waals surface area contributed by atoms with Gasteiger partial charge in [-0.2, -0.15) is 5.10 Å². The summed E-state index contributed by atoms with van der Waals surface area (Å²) in [5, 5.41) is 5.08. The molecule has 4 aromatic heterocycles. The Labute approximate surface area is 109 Å². The first-order valence-corrected chi connectivity index (χ1v) is 5.82. The molecular weight excluding hydrogens is 238 g/mol. The number of rotatable bonds is 0. The molecule has 0 aliphatic carbocycles. The zero-order chi connectivity index (χ0) is 12.9. The van der Waals surface area contributed by atoms with Gasteiger partial charge in [-0.15, -0.1) is 0 Å². The first kappa shape index (κ1) is 11.3. The van der Waals surface area contributed by atoms with Crippen molar-refractivity contribution in [1.29, 1.82) is 0 Å². The second kappa shape index (κ2) is 5.22. The number of aromatic nitrogens is 5. The molecule has 4 heterocycles. The van der Waals surface area contributed by atoms with Crippen molar-refractivity contribution in [3.05, 3.63) is 67.5 Å². The Bertz CT molecular complexity index is 698. The Balaban J connectivity index is 0.000000117. The van der Waals surface area contributed by atoms with E-state index in [1.165, 1.54) is 0 Å². The van der Waals surface area contributed by atoms with Crippen molar-refractivity contribution in [3.63, 3.8) is 0 Å². The molecule has 0 radical (unpaired) electrons. The molecule has 0 aromatic carbocycles. The molecule has 0 saturated heterocycles. The molecular formula is C14H11N5. The van der Waals surface area contributed by atoms with Crippen molar-refractivity contribution in [3.8, 4) is 0 Å². The average molecular weight is 249 g/mol. The predicted octanol–water partition coefficient (Wildman–Crippen LogP) is 2.36. The standard InChI is InChI=1S/C8H6N2.C6H5N3/c1-2-7-6-9-5-3-8(7)10-4-1;1-2-6-7-4-5-9(6)8-3-1/h1-6H;1-5H. The number of hydrogen-bond donors (Lipinski definition) is 0. The molecule has 5 heteroatoms. The maximum absolute atomic E-state index is 4.14. The van der Waals surface area contributed by atoms with Crippen LogP contribution in [0.1, 0.15) is 0 Å². The lowest BCUT2D eigenvalue weighted by Gasteiger charge is -1.90. The molecule has 0 aliphatic rings. The van der Waals surface area contributed by atoms with E-state index in [-0.39, 0.29) is 0 Å². The molecule has 0 bridgehead atoms. The third-order valence-corrected chi connectivity index (χ3v) is 2.58. The van der Waals surface area contributed by atoms with E-state index in [1.54, 1.807) is 29.3 Å². The lowest BCUT2D eigenvalue weighted by molar-refractivity contribution is 0.936. The van der Waals surface area contributed by atoms with E-state index in [0.29, 0.717) is 0 Å². The van der Waals surface area contributed by atoms with Gasteiger partial charge in [-0.1, -0.05) is 0 Å². The lowest BCUT2D eigenvalue weighted by Crippen LogP contribution is -1.85. The van der Waals surface area contributed by atoms with Crippen molar-refractivity contribution in [2.75, 3.05) is 0 Å². The highest BCUT2D eigenvalue weighted by molar-refractivity contribution is 5.76. The van der Waals surface area contributed by atoms with Gasteiger partial charge < -0.3 is 0 Å². The molecule has 5 nitrogen and oxygen atoms in total. The van der Waals surface area contributed by atoms with Crippen molar-refractivity contribution >= 4 is 16.6 Å². The van der Waals surface area contributed by atoms with E-state index in [2.05, 4.69) is 20.1 Å². The van der Waals surface area contributed by atoms with Gasteiger partial charge in [-0.3, -0.25) is 9.97 Å². The van der Waals surface area contributed by atoms with E-state index < -0.39 is 0 Å². The molecule has 0 amide bonds. The fraction of sp³-hybridized carbons (Fsp3) is 0. The highest BCUT2D eigenvalue weighted by atomic mass is 15.2. The minimum atomic E-state index is 0.887. The first-order chi connectivity index (χ1) is 9.43. The summed E-state index contributed by atoms with van der Waals surface area (Å²) in [6, 6.07) is 9.57. The summed E-state index contributed by atoms with van der Waals surface area (Å²) in [5.41, 5.74) is 1.88. The minimum absolute atomic E-state index is 0.887. The zero-order valence-electron chi connectivity index (χ0n) is 10.1. The molecule has 4 rings (SSSR count). The van der Waals surface area contributed by atoms with E-state index >= 15 is 0 Å². The van der Waals surface area contributed by atoms with Crippen molar-refractivity contribution in [1.82, 2.24) is 24.6 Å². The van der Waals surface area contributed by atoms with Crippen LogP contribution in [0.25, 0.3) is 16.6 Å². The van der Waals surface area contributed by atoms with Crippen LogP contribution in [-0.4, -0.2) is 24.6 Å². The van der Waals surface area contributed by atoms with Crippen LogP contribution in [0.2, 0.25) is 0 Å². The molecule has 4 aromatic rings. The fourth-order valence-corrected chi connectivity index (χ4v) is 1.68. The number of imidazole rings is 1. The Morgan fingerprint density at radius 1 is 0.842 bits per heavy atom. The summed E-state index contributed by atoms with van der Waals surface area (Å²) in [7, 11) is 0. The molecule has 0 spiro atoms. The maximum atomic E-state index is 4.14. The van der Waals surface area contributed by atoms with Gasteiger partial charge >= 0.3 is 0 Å². The van der Waals surface area contributed by atoms with Gasteiger partial charge in [0.25, 0.3) is 0 Å². The number of fused-ring (bicyclic) bond motifs is 2. The highest BCUT2D eigenvalue weighted by Crippen LogP contribution is 2.05. The Kier molecular flexibility index (Phi) is 3.10. The SMILES string of the molecule is c1cnc2ccncc2c1.c1cnn2ccnc2c1. The van der Waals surface area contributed by atoms with Crippen LogP contribution in [0.15, 0.2) is 67.5 Å². The summed E-state index contributed by atoms with van der Waals surface area (Å²) >= 11 is 0. The quantitative estimate of drug-likeness (QED) is 0.480. The van der Waals surface area contributed by atoms with Gasteiger partial charge in [0.05, 0.1) is 5.52 Å². The largest absolute Gasteiger partial charge is 0.264 e. The van der Waals surface area contributed by atoms with Gasteiger partial charge in [0, 0.05) is 42.6 Å². The van der Waals surface area contributed by atoms with Crippen LogP contribution in [-0.2, 0) is 0 Å². The molecule has 0 atom stereocenters. The molecule has 92 valence electrons. The van der Waals surface area contributed by atoms with Gasteiger partial charge in [0.1, 0.15) is 0 Å². The van der Waals surface area contributed by atoms with Gasteiger partial charge in [-0.25, -0.2) is 9.50 Å². The van der Waals surface area contributed by atoms with Gasteiger partial charge in [-0.05, 0) is 30.3 Å². The zero-order valence-corrected chi connectivity index (χ0v) is 10.1. The van der Waals surface area contributed by atoms with Crippen LogP contribution in [0, 0.1) is 0 Å². The molecule has 19 heavy (non-hydrogen) atoms. The van der Waals surface area contributed by atoms with Crippen molar-refractivity contribution in [2.24, 2.45) is 0 Å². The average Bonchev–Trinajstić information content (AvgIpc) is 2.96.